The predicted octanol–water partition coefficient (Wildman–Crippen LogP) is 4.34. The molecule has 0 fully saturated rings. The second-order valence-electron chi connectivity index (χ2n) is 2.66. The van der Waals surface area contributed by atoms with Gasteiger partial charge in [-0.25, -0.2) is 4.39 Å². The Bertz CT molecular complexity index is 398. The summed E-state index contributed by atoms with van der Waals surface area (Å²) in [6, 6.07) is 2.11. The Balaban J connectivity index is 3.09. The molecule has 0 atom stereocenters. The van der Waals surface area contributed by atoms with Crippen molar-refractivity contribution < 1.29 is 35.5 Å². The van der Waals surface area contributed by atoms with Crippen LogP contribution < -0.4 is 4.74 Å². The van der Waals surface area contributed by atoms with E-state index in [-0.39, 0.29) is 0 Å². The minimum atomic E-state index is -5.26. The number of rotatable bonds is 2. The molecule has 0 heterocycles. The molecule has 1 rings (SSSR count). The topological polar surface area (TPSA) is 9.23 Å². The van der Waals surface area contributed by atoms with Crippen molar-refractivity contribution >= 4 is 11.8 Å². The zero-order valence-electron chi connectivity index (χ0n) is 7.69. The van der Waals surface area contributed by atoms with Gasteiger partial charge in [0, 0.05) is 0 Å². The van der Waals surface area contributed by atoms with Gasteiger partial charge in [0.1, 0.15) is 0 Å². The minimum absolute atomic E-state index is 0.571. The van der Waals surface area contributed by atoms with Gasteiger partial charge >= 0.3 is 11.9 Å². The van der Waals surface area contributed by atoms with E-state index < -0.39 is 40.1 Å². The third-order valence-corrected chi connectivity index (χ3v) is 2.15. The van der Waals surface area contributed by atoms with Crippen molar-refractivity contribution in [1.29, 1.82) is 0 Å². The van der Waals surface area contributed by atoms with E-state index in [1.165, 1.54) is 0 Å². The summed E-state index contributed by atoms with van der Waals surface area (Å²) in [6.45, 7) is 0. The maximum Gasteiger partial charge on any atom is 0.573 e. The average molecular weight is 280 g/mol. The molecule has 0 spiro atoms. The Hall–Kier alpha value is -1.12. The van der Waals surface area contributed by atoms with Crippen LogP contribution in [0.4, 0.5) is 30.7 Å². The van der Waals surface area contributed by atoms with Crippen LogP contribution in [0.1, 0.15) is 0 Å². The highest BCUT2D eigenvalue weighted by molar-refractivity contribution is 8.00. The Labute approximate surface area is 94.6 Å². The van der Waals surface area contributed by atoms with Crippen LogP contribution in [0.25, 0.3) is 0 Å². The highest BCUT2D eigenvalue weighted by Crippen LogP contribution is 2.43. The van der Waals surface area contributed by atoms with Gasteiger partial charge in [0.25, 0.3) is 0 Å². The maximum absolute atomic E-state index is 12.9. The van der Waals surface area contributed by atoms with Crippen LogP contribution in [0.3, 0.4) is 0 Å². The third-order valence-electron chi connectivity index (χ3n) is 1.37. The fourth-order valence-corrected chi connectivity index (χ4v) is 1.54. The average Bonchev–Trinajstić information content (AvgIpc) is 2.07. The number of hydrogen-bond acceptors (Lipinski definition) is 2. The Morgan fingerprint density at radius 2 is 1.59 bits per heavy atom. The number of thioether (sulfide) groups is 1. The molecule has 96 valence electrons. The Morgan fingerprint density at radius 3 is 2.06 bits per heavy atom. The van der Waals surface area contributed by atoms with Crippen LogP contribution >= 0.6 is 11.8 Å². The van der Waals surface area contributed by atoms with E-state index in [0.717, 1.165) is 6.07 Å². The molecule has 9 heteroatoms. The van der Waals surface area contributed by atoms with Crippen LogP contribution in [0.15, 0.2) is 23.1 Å². The van der Waals surface area contributed by atoms with Crippen LogP contribution in [0.2, 0.25) is 0 Å². The smallest absolute Gasteiger partial charge is 0.401 e. The Kier molecular flexibility index (Phi) is 3.80. The summed E-state index contributed by atoms with van der Waals surface area (Å²) in [6.07, 6.45) is -5.26. The number of ether oxygens (including phenoxy) is 1. The summed E-state index contributed by atoms with van der Waals surface area (Å²) < 4.78 is 87.7. The third kappa shape index (κ3) is 4.72. The van der Waals surface area contributed by atoms with E-state index in [9.17, 15) is 30.7 Å². The van der Waals surface area contributed by atoms with Gasteiger partial charge in [0.15, 0.2) is 11.6 Å². The van der Waals surface area contributed by atoms with Gasteiger partial charge < -0.3 is 4.74 Å². The van der Waals surface area contributed by atoms with E-state index in [1.807, 2.05) is 0 Å². The fourth-order valence-electron chi connectivity index (χ4n) is 0.909. The van der Waals surface area contributed by atoms with Gasteiger partial charge in [-0.3, -0.25) is 0 Å². The second kappa shape index (κ2) is 4.63. The predicted molar refractivity (Wildman–Crippen MR) is 45.0 cm³/mol. The lowest BCUT2D eigenvalue weighted by atomic mass is 10.3. The van der Waals surface area contributed by atoms with Crippen molar-refractivity contribution in [3.05, 3.63) is 24.0 Å². The van der Waals surface area contributed by atoms with Crippen molar-refractivity contribution in [3.8, 4) is 5.75 Å². The lowest BCUT2D eigenvalue weighted by molar-refractivity contribution is -0.276. The van der Waals surface area contributed by atoms with Crippen LogP contribution in [0.5, 0.6) is 5.75 Å². The largest absolute Gasteiger partial charge is 0.573 e. The van der Waals surface area contributed by atoms with Gasteiger partial charge in [-0.15, -0.1) is 13.2 Å². The van der Waals surface area contributed by atoms with Crippen molar-refractivity contribution in [2.45, 2.75) is 16.8 Å². The number of para-hydroxylation sites is 1. The molecule has 1 aromatic carbocycles. The molecule has 0 aliphatic carbocycles. The monoisotopic (exact) mass is 280 g/mol. The summed E-state index contributed by atoms with van der Waals surface area (Å²) in [7, 11) is 0. The molecular formula is C8H3F7OS. The number of halogens is 7. The van der Waals surface area contributed by atoms with Gasteiger partial charge in [-0.05, 0) is 23.9 Å². The molecule has 0 saturated heterocycles. The molecule has 0 unspecified atom stereocenters. The highest BCUT2D eigenvalue weighted by Gasteiger charge is 2.37. The first-order valence-electron chi connectivity index (χ1n) is 3.88. The summed E-state index contributed by atoms with van der Waals surface area (Å²) in [5.74, 6) is -3.00. The molecule has 0 aliphatic rings. The summed E-state index contributed by atoms with van der Waals surface area (Å²) in [4.78, 5) is -0.991. The van der Waals surface area contributed by atoms with E-state index in [0.29, 0.717) is 12.1 Å². The van der Waals surface area contributed by atoms with Crippen molar-refractivity contribution in [1.82, 2.24) is 0 Å². The fraction of sp³-hybridized carbons (Fsp3) is 0.250. The molecule has 0 amide bonds. The first-order valence-corrected chi connectivity index (χ1v) is 4.70. The molecule has 1 aromatic rings. The molecule has 0 bridgehead atoms. The van der Waals surface area contributed by atoms with Crippen molar-refractivity contribution in [2.24, 2.45) is 0 Å². The molecule has 17 heavy (non-hydrogen) atoms. The van der Waals surface area contributed by atoms with Crippen LogP contribution in [-0.4, -0.2) is 11.9 Å². The first-order chi connectivity index (χ1) is 7.58. The number of benzene rings is 1. The van der Waals surface area contributed by atoms with E-state index >= 15 is 0 Å². The zero-order chi connectivity index (χ0) is 13.3. The maximum atomic E-state index is 12.9. The van der Waals surface area contributed by atoms with Crippen LogP contribution in [-0.2, 0) is 0 Å². The van der Waals surface area contributed by atoms with E-state index in [1.54, 1.807) is 0 Å². The molecule has 0 radical (unpaired) electrons. The van der Waals surface area contributed by atoms with Crippen LogP contribution in [0, 0.1) is 5.82 Å². The molecule has 0 aliphatic heterocycles. The zero-order valence-corrected chi connectivity index (χ0v) is 8.51. The normalized spacial score (nSPS) is 12.6. The highest BCUT2D eigenvalue weighted by atomic mass is 32.2. The van der Waals surface area contributed by atoms with Gasteiger partial charge in [-0.2, -0.15) is 13.2 Å². The van der Waals surface area contributed by atoms with Gasteiger partial charge in [0.05, 0.1) is 4.90 Å². The number of hydrogen-bond donors (Lipinski definition) is 0. The lowest BCUT2D eigenvalue weighted by Gasteiger charge is -2.14. The molecule has 0 saturated carbocycles. The minimum Gasteiger partial charge on any atom is -0.401 e. The Morgan fingerprint density at radius 1 is 1.00 bits per heavy atom. The first kappa shape index (κ1) is 13.9. The van der Waals surface area contributed by atoms with Crippen molar-refractivity contribution in [2.75, 3.05) is 0 Å². The molecule has 0 aromatic heterocycles. The molecule has 0 N–H and O–H groups in total. The second-order valence-corrected chi connectivity index (χ2v) is 3.77. The number of alkyl halides is 6. The van der Waals surface area contributed by atoms with Gasteiger partial charge in [0.2, 0.25) is 0 Å². The summed E-state index contributed by atoms with van der Waals surface area (Å²) in [5, 5.41) is 0. The lowest BCUT2D eigenvalue weighted by Crippen LogP contribution is -2.18. The summed E-state index contributed by atoms with van der Waals surface area (Å²) in [5.41, 5.74) is -4.84. The quantitative estimate of drug-likeness (QED) is 0.589. The summed E-state index contributed by atoms with van der Waals surface area (Å²) >= 11 is -0.883. The molecular weight excluding hydrogens is 277 g/mol. The standard InChI is InChI=1S/C8H3F7OS/c9-4-2-1-3-5(17-8(13,14)15)6(4)16-7(10,11)12/h1-3H. The van der Waals surface area contributed by atoms with E-state index in [4.69, 9.17) is 0 Å². The van der Waals surface area contributed by atoms with E-state index in [2.05, 4.69) is 4.74 Å². The SMILES string of the molecule is Fc1cccc(SC(F)(F)F)c1OC(F)(F)F. The van der Waals surface area contributed by atoms with Crippen molar-refractivity contribution in [3.63, 3.8) is 0 Å². The van der Waals surface area contributed by atoms with Gasteiger partial charge in [-0.1, -0.05) is 6.07 Å². The molecule has 1 nitrogen and oxygen atoms in total.